The van der Waals surface area contributed by atoms with E-state index in [1.54, 1.807) is 0 Å². The first-order chi connectivity index (χ1) is 12.7. The van der Waals surface area contributed by atoms with Crippen molar-refractivity contribution in [2.75, 3.05) is 13.2 Å². The first-order valence-electron chi connectivity index (χ1n) is 9.26. The van der Waals surface area contributed by atoms with Gasteiger partial charge in [-0.2, -0.15) is 0 Å². The molecule has 26 heavy (non-hydrogen) atoms. The lowest BCUT2D eigenvalue weighted by atomic mass is 9.89. The third-order valence-electron chi connectivity index (χ3n) is 5.89. The summed E-state index contributed by atoms with van der Waals surface area (Å²) in [5.41, 5.74) is 6.43. The van der Waals surface area contributed by atoms with Gasteiger partial charge in [0.25, 0.3) is 0 Å². The van der Waals surface area contributed by atoms with Crippen LogP contribution in [0.5, 0.6) is 0 Å². The Balaban J connectivity index is 1.62. The number of rotatable bonds is 2. The van der Waals surface area contributed by atoms with Gasteiger partial charge in [0.15, 0.2) is 5.78 Å². The molecule has 0 aliphatic carbocycles. The van der Waals surface area contributed by atoms with E-state index in [1.165, 1.54) is 18.4 Å². The lowest BCUT2D eigenvalue weighted by Crippen LogP contribution is -2.32. The molecule has 2 aromatic carbocycles. The van der Waals surface area contributed by atoms with Crippen LogP contribution in [0, 0.1) is 0 Å². The van der Waals surface area contributed by atoms with Crippen LogP contribution in [0.25, 0.3) is 22.2 Å². The van der Waals surface area contributed by atoms with Gasteiger partial charge in [0.1, 0.15) is 6.61 Å². The van der Waals surface area contributed by atoms with Gasteiger partial charge in [-0.05, 0) is 43.5 Å². The molecule has 1 aromatic heterocycles. The van der Waals surface area contributed by atoms with E-state index in [4.69, 9.17) is 4.74 Å². The van der Waals surface area contributed by atoms with E-state index in [9.17, 15) is 4.79 Å². The largest absolute Gasteiger partial charge is 0.369 e. The van der Waals surface area contributed by atoms with Crippen LogP contribution in [0.15, 0.2) is 42.5 Å². The zero-order chi connectivity index (χ0) is 17.7. The number of hydrogen-bond acceptors (Lipinski definition) is 3. The normalized spacial score (nSPS) is 22.7. The van der Waals surface area contributed by atoms with Crippen LogP contribution in [0.2, 0.25) is 0 Å². The molecule has 0 unspecified atom stereocenters. The SMILES string of the molecule is C[C@@]1(c2ccc(-c3[nH]c4cccc5c4c3COCC5=O)cc2)CCCN1. The summed E-state index contributed by atoms with van der Waals surface area (Å²) in [6.07, 6.45) is 2.39. The zero-order valence-electron chi connectivity index (χ0n) is 14.9. The van der Waals surface area contributed by atoms with Crippen LogP contribution >= 0.6 is 0 Å². The van der Waals surface area contributed by atoms with E-state index < -0.39 is 0 Å². The average molecular weight is 346 g/mol. The molecule has 0 radical (unpaired) electrons. The Labute approximate surface area is 152 Å². The van der Waals surface area contributed by atoms with Crippen molar-refractivity contribution in [3.05, 3.63) is 59.2 Å². The van der Waals surface area contributed by atoms with Crippen molar-refractivity contribution < 1.29 is 9.53 Å². The highest BCUT2D eigenvalue weighted by atomic mass is 16.5. The summed E-state index contributed by atoms with van der Waals surface area (Å²) in [6, 6.07) is 14.6. The highest BCUT2D eigenvalue weighted by Crippen LogP contribution is 2.36. The van der Waals surface area contributed by atoms with Gasteiger partial charge in [-0.15, -0.1) is 0 Å². The molecule has 132 valence electrons. The first kappa shape index (κ1) is 15.8. The lowest BCUT2D eigenvalue weighted by Gasteiger charge is -2.25. The van der Waals surface area contributed by atoms with Crippen molar-refractivity contribution in [2.24, 2.45) is 0 Å². The minimum atomic E-state index is 0.0514. The summed E-state index contributed by atoms with van der Waals surface area (Å²) < 4.78 is 5.64. The van der Waals surface area contributed by atoms with Gasteiger partial charge in [-0.25, -0.2) is 0 Å². The molecular weight excluding hydrogens is 324 g/mol. The van der Waals surface area contributed by atoms with E-state index in [1.807, 2.05) is 18.2 Å². The number of H-pyrrole nitrogens is 1. The molecule has 2 aliphatic rings. The van der Waals surface area contributed by atoms with Crippen LogP contribution < -0.4 is 5.32 Å². The lowest BCUT2D eigenvalue weighted by molar-refractivity contribution is 0.0742. The maximum absolute atomic E-state index is 12.3. The van der Waals surface area contributed by atoms with Crippen molar-refractivity contribution in [1.82, 2.24) is 10.3 Å². The van der Waals surface area contributed by atoms with Crippen molar-refractivity contribution in [1.29, 1.82) is 0 Å². The van der Waals surface area contributed by atoms with Gasteiger partial charge >= 0.3 is 0 Å². The van der Waals surface area contributed by atoms with Crippen LogP contribution in [-0.4, -0.2) is 23.9 Å². The van der Waals surface area contributed by atoms with Crippen molar-refractivity contribution in [3.8, 4) is 11.3 Å². The second kappa shape index (κ2) is 5.79. The monoisotopic (exact) mass is 346 g/mol. The molecule has 4 nitrogen and oxygen atoms in total. The second-order valence-electron chi connectivity index (χ2n) is 7.56. The summed E-state index contributed by atoms with van der Waals surface area (Å²) in [6.45, 7) is 3.96. The number of carbonyl (C=O) groups is 1. The van der Waals surface area contributed by atoms with E-state index in [-0.39, 0.29) is 17.9 Å². The summed E-state index contributed by atoms with van der Waals surface area (Å²) in [7, 11) is 0. The Morgan fingerprint density at radius 3 is 2.69 bits per heavy atom. The Kier molecular flexibility index (Phi) is 3.52. The first-order valence-corrected chi connectivity index (χ1v) is 9.26. The minimum absolute atomic E-state index is 0.0514. The third kappa shape index (κ3) is 2.33. The third-order valence-corrected chi connectivity index (χ3v) is 5.89. The van der Waals surface area contributed by atoms with Gasteiger partial charge in [0.05, 0.1) is 12.3 Å². The standard InChI is InChI=1S/C22H22N2O2/c1-22(10-3-11-23-22)15-8-6-14(7-9-15)21-17-12-26-13-19(25)16-4-2-5-18(24-21)20(16)17/h2,4-9,23-24H,3,10-13H2,1H3/t22-/m0/s1. The number of ether oxygens (including phenoxy) is 1. The molecule has 3 aromatic rings. The van der Waals surface area contributed by atoms with Gasteiger partial charge in [-0.3, -0.25) is 4.79 Å². The maximum Gasteiger partial charge on any atom is 0.189 e. The second-order valence-corrected chi connectivity index (χ2v) is 7.56. The molecule has 0 amide bonds. The topological polar surface area (TPSA) is 54.1 Å². The Hall–Kier alpha value is -2.43. The molecule has 0 bridgehead atoms. The Morgan fingerprint density at radius 1 is 1.08 bits per heavy atom. The number of nitrogens with one attached hydrogen (secondary N) is 2. The van der Waals surface area contributed by atoms with Crippen LogP contribution in [0.4, 0.5) is 0 Å². The number of hydrogen-bond donors (Lipinski definition) is 2. The smallest absolute Gasteiger partial charge is 0.189 e. The fraction of sp³-hybridized carbons (Fsp3) is 0.318. The predicted octanol–water partition coefficient (Wildman–Crippen LogP) is 4.15. The summed E-state index contributed by atoms with van der Waals surface area (Å²) in [5.74, 6) is 0.0514. The number of carbonyl (C=O) groups excluding carboxylic acids is 1. The van der Waals surface area contributed by atoms with Crippen LogP contribution in [0.3, 0.4) is 0 Å². The van der Waals surface area contributed by atoms with Crippen LogP contribution in [0.1, 0.15) is 41.3 Å². The maximum atomic E-state index is 12.3. The molecule has 0 spiro atoms. The molecule has 5 rings (SSSR count). The predicted molar refractivity (Wildman–Crippen MR) is 102 cm³/mol. The molecule has 3 heterocycles. The number of ketones is 1. The zero-order valence-corrected chi connectivity index (χ0v) is 14.9. The summed E-state index contributed by atoms with van der Waals surface area (Å²) in [5, 5.41) is 4.63. The van der Waals surface area contributed by atoms with E-state index in [0.29, 0.717) is 6.61 Å². The van der Waals surface area contributed by atoms with E-state index in [0.717, 1.165) is 39.8 Å². The molecule has 1 saturated heterocycles. The molecule has 4 heteroatoms. The number of Topliss-reactive ketones (excluding diaryl/α,β-unsaturated/α-hetero) is 1. The van der Waals surface area contributed by atoms with E-state index >= 15 is 0 Å². The van der Waals surface area contributed by atoms with Gasteiger partial charge in [-0.1, -0.05) is 36.4 Å². The number of aromatic nitrogens is 1. The quantitative estimate of drug-likeness (QED) is 0.733. The minimum Gasteiger partial charge on any atom is -0.369 e. The molecule has 1 atom stereocenters. The number of benzene rings is 2. The number of aromatic amines is 1. The van der Waals surface area contributed by atoms with Crippen molar-refractivity contribution in [3.63, 3.8) is 0 Å². The average Bonchev–Trinajstić information content (AvgIpc) is 3.22. The molecule has 0 saturated carbocycles. The highest BCUT2D eigenvalue weighted by Gasteiger charge is 2.30. The Morgan fingerprint density at radius 2 is 1.92 bits per heavy atom. The van der Waals surface area contributed by atoms with E-state index in [2.05, 4.69) is 41.5 Å². The van der Waals surface area contributed by atoms with Crippen molar-refractivity contribution in [2.45, 2.75) is 31.9 Å². The molecule has 2 N–H and O–H groups in total. The van der Waals surface area contributed by atoms with Crippen molar-refractivity contribution >= 4 is 16.7 Å². The van der Waals surface area contributed by atoms with Gasteiger partial charge < -0.3 is 15.0 Å². The Bertz CT molecular complexity index is 995. The van der Waals surface area contributed by atoms with Gasteiger partial charge in [0, 0.05) is 27.6 Å². The molecule has 1 fully saturated rings. The fourth-order valence-corrected chi connectivity index (χ4v) is 4.41. The molecule has 2 aliphatic heterocycles. The summed E-state index contributed by atoms with van der Waals surface area (Å²) in [4.78, 5) is 15.8. The van der Waals surface area contributed by atoms with Crippen LogP contribution in [-0.2, 0) is 16.9 Å². The summed E-state index contributed by atoms with van der Waals surface area (Å²) >= 11 is 0. The fourth-order valence-electron chi connectivity index (χ4n) is 4.41. The van der Waals surface area contributed by atoms with Gasteiger partial charge in [0.2, 0.25) is 0 Å². The highest BCUT2D eigenvalue weighted by molar-refractivity contribution is 6.11. The molecular formula is C22H22N2O2.